The normalized spacial score (nSPS) is 20.1. The molecule has 0 saturated carbocycles. The number of hydrogen-bond acceptors (Lipinski definition) is 6. The fraction of sp³-hybridized carbons (Fsp3) is 0.692. The quantitative estimate of drug-likeness (QED) is 0.626. The zero-order chi connectivity index (χ0) is 15.2. The van der Waals surface area contributed by atoms with Crippen LogP contribution in [-0.2, 0) is 14.3 Å². The van der Waals surface area contributed by atoms with Gasteiger partial charge in [0, 0.05) is 13.1 Å². The summed E-state index contributed by atoms with van der Waals surface area (Å²) in [4.78, 5) is 17.2. The molecule has 1 saturated heterocycles. The molecular formula is C13H19ClFN3O3. The number of ether oxygens (including phenoxy) is 2. The van der Waals surface area contributed by atoms with E-state index in [2.05, 4.69) is 10.3 Å². The van der Waals surface area contributed by atoms with Crippen molar-refractivity contribution in [3.8, 4) is 0 Å². The Morgan fingerprint density at radius 1 is 1.52 bits per heavy atom. The van der Waals surface area contributed by atoms with Gasteiger partial charge in [0.2, 0.25) is 0 Å². The first kappa shape index (κ1) is 16.0. The third kappa shape index (κ3) is 4.31. The molecular weight excluding hydrogens is 301 g/mol. The van der Waals surface area contributed by atoms with Crippen LogP contribution in [0.1, 0.15) is 19.8 Å². The Morgan fingerprint density at radius 2 is 2.24 bits per heavy atom. The number of amidine groups is 1. The van der Waals surface area contributed by atoms with Crippen molar-refractivity contribution in [2.75, 3.05) is 33.0 Å². The molecule has 0 bridgehead atoms. The molecule has 0 unspecified atom stereocenters. The number of hydrogen-bond donors (Lipinski definition) is 1. The number of aliphatic imine (C=N–C) groups is 1. The molecule has 0 aromatic carbocycles. The van der Waals surface area contributed by atoms with E-state index in [1.165, 1.54) is 0 Å². The lowest BCUT2D eigenvalue weighted by Gasteiger charge is -2.34. The number of nitrogens with one attached hydrogen (secondary N) is 1. The van der Waals surface area contributed by atoms with Crippen molar-refractivity contribution < 1.29 is 18.7 Å². The summed E-state index contributed by atoms with van der Waals surface area (Å²) in [6, 6.07) is 0. The van der Waals surface area contributed by atoms with E-state index in [0.717, 1.165) is 0 Å². The predicted molar refractivity (Wildman–Crippen MR) is 76.6 cm³/mol. The van der Waals surface area contributed by atoms with Crippen molar-refractivity contribution in [1.82, 2.24) is 10.2 Å². The van der Waals surface area contributed by atoms with Gasteiger partial charge in [-0.15, -0.1) is 0 Å². The summed E-state index contributed by atoms with van der Waals surface area (Å²) in [6.07, 6.45) is 1.39. The van der Waals surface area contributed by atoms with E-state index in [4.69, 9.17) is 21.1 Å². The van der Waals surface area contributed by atoms with Crippen molar-refractivity contribution in [1.29, 1.82) is 0 Å². The van der Waals surface area contributed by atoms with Crippen LogP contribution in [0.4, 0.5) is 4.39 Å². The van der Waals surface area contributed by atoms with E-state index >= 15 is 0 Å². The summed E-state index contributed by atoms with van der Waals surface area (Å²) >= 11 is 5.73. The molecule has 2 heterocycles. The number of carbonyl (C=O) groups is 1. The molecule has 0 aromatic rings. The van der Waals surface area contributed by atoms with Crippen LogP contribution in [-0.4, -0.2) is 55.8 Å². The van der Waals surface area contributed by atoms with Crippen LogP contribution in [0.15, 0.2) is 16.0 Å². The minimum Gasteiger partial charge on any atom is -0.464 e. The van der Waals surface area contributed by atoms with Gasteiger partial charge in [-0.1, -0.05) is 11.6 Å². The predicted octanol–water partition coefficient (Wildman–Crippen LogP) is 1.37. The van der Waals surface area contributed by atoms with Gasteiger partial charge in [0.1, 0.15) is 18.4 Å². The fourth-order valence-electron chi connectivity index (χ4n) is 2.29. The lowest BCUT2D eigenvalue weighted by Crippen LogP contribution is -2.43. The summed E-state index contributed by atoms with van der Waals surface area (Å²) in [5.41, 5.74) is 0. The van der Waals surface area contributed by atoms with Crippen LogP contribution >= 0.6 is 11.6 Å². The molecule has 6 nitrogen and oxygen atoms in total. The van der Waals surface area contributed by atoms with Crippen molar-refractivity contribution in [2.24, 2.45) is 4.99 Å². The standard InChI is InChI=1S/C13H19ClFN3O3/c1-2-20-10(19)7-21-9-3-5-18(6-4-9)13-11(15)12(14)16-8-17-13/h9,16H,2-8H2,1H3. The third-order valence-electron chi connectivity index (χ3n) is 3.34. The van der Waals surface area contributed by atoms with Crippen LogP contribution in [0.3, 0.4) is 0 Å². The lowest BCUT2D eigenvalue weighted by atomic mass is 10.1. The van der Waals surface area contributed by atoms with Gasteiger partial charge < -0.3 is 19.7 Å². The van der Waals surface area contributed by atoms with E-state index in [1.54, 1.807) is 6.92 Å². The number of likely N-dealkylation sites (tertiary alicyclic amines) is 1. The van der Waals surface area contributed by atoms with Crippen LogP contribution in [0.2, 0.25) is 0 Å². The highest BCUT2D eigenvalue weighted by Crippen LogP contribution is 2.21. The lowest BCUT2D eigenvalue weighted by molar-refractivity contribution is -0.151. The van der Waals surface area contributed by atoms with Gasteiger partial charge in [-0.3, -0.25) is 0 Å². The highest BCUT2D eigenvalue weighted by molar-refractivity contribution is 6.31. The van der Waals surface area contributed by atoms with E-state index < -0.39 is 5.83 Å². The molecule has 1 fully saturated rings. The number of piperidine rings is 1. The summed E-state index contributed by atoms with van der Waals surface area (Å²) in [7, 11) is 0. The van der Waals surface area contributed by atoms with Crippen molar-refractivity contribution in [3.63, 3.8) is 0 Å². The maximum Gasteiger partial charge on any atom is 0.332 e. The molecule has 0 atom stereocenters. The van der Waals surface area contributed by atoms with Gasteiger partial charge >= 0.3 is 5.97 Å². The zero-order valence-electron chi connectivity index (χ0n) is 11.9. The van der Waals surface area contributed by atoms with Crippen LogP contribution in [0.25, 0.3) is 0 Å². The minimum atomic E-state index is -0.520. The van der Waals surface area contributed by atoms with Gasteiger partial charge in [-0.25, -0.2) is 9.79 Å². The zero-order valence-corrected chi connectivity index (χ0v) is 12.7. The molecule has 0 aromatic heterocycles. The van der Waals surface area contributed by atoms with Crippen LogP contribution in [0.5, 0.6) is 0 Å². The second-order valence-electron chi connectivity index (χ2n) is 4.75. The van der Waals surface area contributed by atoms with E-state index in [0.29, 0.717) is 38.4 Å². The monoisotopic (exact) mass is 319 g/mol. The first-order valence-electron chi connectivity index (χ1n) is 6.98. The minimum absolute atomic E-state index is 0.000634. The third-order valence-corrected chi connectivity index (χ3v) is 3.64. The van der Waals surface area contributed by atoms with E-state index in [-0.39, 0.29) is 30.5 Å². The number of rotatable bonds is 4. The average Bonchev–Trinajstić information content (AvgIpc) is 2.49. The molecule has 0 amide bonds. The molecule has 118 valence electrons. The molecule has 8 heteroatoms. The van der Waals surface area contributed by atoms with Gasteiger partial charge in [0.25, 0.3) is 0 Å². The number of nitrogens with zero attached hydrogens (tertiary/aromatic N) is 2. The van der Waals surface area contributed by atoms with Gasteiger partial charge in [-0.05, 0) is 19.8 Å². The number of halogens is 2. The van der Waals surface area contributed by atoms with Crippen molar-refractivity contribution in [2.45, 2.75) is 25.9 Å². The van der Waals surface area contributed by atoms with Gasteiger partial charge in [-0.2, -0.15) is 4.39 Å². The molecule has 2 rings (SSSR count). The summed E-state index contributed by atoms with van der Waals surface area (Å²) < 4.78 is 24.2. The molecule has 21 heavy (non-hydrogen) atoms. The average molecular weight is 320 g/mol. The molecule has 0 radical (unpaired) electrons. The largest absolute Gasteiger partial charge is 0.464 e. The Hall–Kier alpha value is -1.34. The second-order valence-corrected chi connectivity index (χ2v) is 5.12. The highest BCUT2D eigenvalue weighted by atomic mass is 35.5. The molecule has 2 aliphatic heterocycles. The van der Waals surface area contributed by atoms with Crippen molar-refractivity contribution in [3.05, 3.63) is 11.0 Å². The maximum atomic E-state index is 13.9. The Labute approximate surface area is 127 Å². The number of esters is 1. The Bertz CT molecular complexity index is 448. The second kappa shape index (κ2) is 7.61. The fourth-order valence-corrected chi connectivity index (χ4v) is 2.43. The number of carbonyl (C=O) groups excluding carboxylic acids is 1. The Morgan fingerprint density at radius 3 is 2.90 bits per heavy atom. The first-order chi connectivity index (χ1) is 10.1. The van der Waals surface area contributed by atoms with Gasteiger partial charge in [0.15, 0.2) is 11.7 Å². The topological polar surface area (TPSA) is 63.2 Å². The SMILES string of the molecule is CCOC(=O)COC1CCN(C2=NCNC(Cl)=C2F)CC1. The van der Waals surface area contributed by atoms with Gasteiger partial charge in [0.05, 0.1) is 12.7 Å². The summed E-state index contributed by atoms with van der Waals surface area (Å²) in [5.74, 6) is -0.583. The smallest absolute Gasteiger partial charge is 0.332 e. The molecule has 2 aliphatic rings. The summed E-state index contributed by atoms with van der Waals surface area (Å²) in [5, 5.41) is 2.63. The first-order valence-corrected chi connectivity index (χ1v) is 7.35. The Balaban J connectivity index is 1.78. The van der Waals surface area contributed by atoms with Crippen molar-refractivity contribution >= 4 is 23.4 Å². The van der Waals surface area contributed by atoms with E-state index in [1.807, 2.05) is 4.90 Å². The Kier molecular flexibility index (Phi) is 5.81. The van der Waals surface area contributed by atoms with Crippen LogP contribution in [0, 0.1) is 0 Å². The van der Waals surface area contributed by atoms with Crippen LogP contribution < -0.4 is 5.32 Å². The molecule has 0 spiro atoms. The molecule has 0 aliphatic carbocycles. The maximum absolute atomic E-state index is 13.9. The summed E-state index contributed by atoms with van der Waals surface area (Å²) in [6.45, 7) is 3.57. The van der Waals surface area contributed by atoms with E-state index in [9.17, 15) is 9.18 Å². The highest BCUT2D eigenvalue weighted by Gasteiger charge is 2.27. The molecule has 1 N–H and O–H groups in total.